The maximum Gasteiger partial charge on any atom is 0.317 e. The van der Waals surface area contributed by atoms with E-state index in [0.29, 0.717) is 13.1 Å². The van der Waals surface area contributed by atoms with Crippen molar-refractivity contribution in [2.24, 2.45) is 0 Å². The third kappa shape index (κ3) is 4.40. The number of aryl methyl sites for hydroxylation is 1. The minimum atomic E-state index is -0.0585. The van der Waals surface area contributed by atoms with Gasteiger partial charge in [0.1, 0.15) is 0 Å². The highest BCUT2D eigenvalue weighted by Crippen LogP contribution is 2.34. The summed E-state index contributed by atoms with van der Waals surface area (Å²) in [6.45, 7) is 1.07. The largest absolute Gasteiger partial charge is 0.395 e. The van der Waals surface area contributed by atoms with E-state index in [9.17, 15) is 9.90 Å². The maximum absolute atomic E-state index is 12.5. The number of carbonyl (C=O) groups is 1. The molecule has 2 amide bonds. The Kier molecular flexibility index (Phi) is 7.06. The topological polar surface area (TPSA) is 52.6 Å². The van der Waals surface area contributed by atoms with E-state index in [1.54, 1.807) is 16.7 Å². The molecule has 1 aromatic rings. The van der Waals surface area contributed by atoms with Gasteiger partial charge in [-0.05, 0) is 48.8 Å². The van der Waals surface area contributed by atoms with Crippen molar-refractivity contribution in [1.82, 2.24) is 10.2 Å². The zero-order chi connectivity index (χ0) is 15.8. The Hall–Kier alpha value is -1.20. The van der Waals surface area contributed by atoms with E-state index in [2.05, 4.69) is 29.8 Å². The van der Waals surface area contributed by atoms with Gasteiger partial charge in [0, 0.05) is 13.1 Å². The molecule has 2 N–H and O–H groups in total. The summed E-state index contributed by atoms with van der Waals surface area (Å²) >= 11 is 1.79. The minimum Gasteiger partial charge on any atom is -0.395 e. The second-order valence-electron chi connectivity index (χ2n) is 5.60. The van der Waals surface area contributed by atoms with Crippen LogP contribution in [-0.2, 0) is 6.42 Å². The lowest BCUT2D eigenvalue weighted by molar-refractivity contribution is 0.144. The Balaban J connectivity index is 2.06. The van der Waals surface area contributed by atoms with Crippen molar-refractivity contribution in [1.29, 1.82) is 0 Å². The number of nitrogens with zero attached hydrogens (tertiary/aromatic N) is 1. The van der Waals surface area contributed by atoms with Crippen molar-refractivity contribution >= 4 is 17.8 Å². The molecule has 22 heavy (non-hydrogen) atoms. The molecule has 4 nitrogen and oxygen atoms in total. The number of hydrogen-bond donors (Lipinski definition) is 2. The first-order valence-corrected chi connectivity index (χ1v) is 9.39. The highest BCUT2D eigenvalue weighted by Gasteiger charge is 2.28. The number of urea groups is 1. The molecule has 1 aliphatic carbocycles. The SMILES string of the molecule is CSCCCNC(=O)N(CCO)C1CCCc2ccccc21. The third-order valence-corrected chi connectivity index (χ3v) is 4.81. The molecule has 0 aliphatic heterocycles. The van der Waals surface area contributed by atoms with Gasteiger partial charge in [-0.15, -0.1) is 0 Å². The highest BCUT2D eigenvalue weighted by atomic mass is 32.2. The number of amides is 2. The van der Waals surface area contributed by atoms with Crippen LogP contribution in [0.2, 0.25) is 0 Å². The Morgan fingerprint density at radius 1 is 1.45 bits per heavy atom. The number of nitrogens with one attached hydrogen (secondary N) is 1. The van der Waals surface area contributed by atoms with Crippen LogP contribution in [0, 0.1) is 0 Å². The molecule has 0 fully saturated rings. The van der Waals surface area contributed by atoms with Crippen molar-refractivity contribution in [3.05, 3.63) is 35.4 Å². The molecule has 1 atom stereocenters. The highest BCUT2D eigenvalue weighted by molar-refractivity contribution is 7.98. The molecule has 0 heterocycles. The number of fused-ring (bicyclic) bond motifs is 1. The number of thioether (sulfide) groups is 1. The Bertz CT molecular complexity index is 481. The fourth-order valence-electron chi connectivity index (χ4n) is 3.07. The second kappa shape index (κ2) is 9.06. The second-order valence-corrected chi connectivity index (χ2v) is 6.59. The number of aliphatic hydroxyl groups is 1. The first kappa shape index (κ1) is 17.2. The van der Waals surface area contributed by atoms with Crippen LogP contribution >= 0.6 is 11.8 Å². The summed E-state index contributed by atoms with van der Waals surface area (Å²) in [5.41, 5.74) is 2.57. The molecule has 5 heteroatoms. The predicted molar refractivity (Wildman–Crippen MR) is 92.3 cm³/mol. The Morgan fingerprint density at radius 3 is 3.05 bits per heavy atom. The van der Waals surface area contributed by atoms with Crippen molar-refractivity contribution in [3.8, 4) is 0 Å². The summed E-state index contributed by atoms with van der Waals surface area (Å²) in [4.78, 5) is 14.3. The van der Waals surface area contributed by atoms with Gasteiger partial charge in [0.15, 0.2) is 0 Å². The standard InChI is InChI=1S/C17H26N2O2S/c1-22-13-5-10-18-17(21)19(11-12-20)16-9-4-7-14-6-2-3-8-15(14)16/h2-3,6,8,16,20H,4-5,7,9-13H2,1H3,(H,18,21). The monoisotopic (exact) mass is 322 g/mol. The molecule has 2 rings (SSSR count). The third-order valence-electron chi connectivity index (χ3n) is 4.12. The van der Waals surface area contributed by atoms with Crippen LogP contribution in [0.4, 0.5) is 4.79 Å². The molecule has 1 aromatic carbocycles. The maximum atomic E-state index is 12.5. The minimum absolute atomic E-state index is 0.00308. The van der Waals surface area contributed by atoms with E-state index in [1.165, 1.54) is 11.1 Å². The van der Waals surface area contributed by atoms with Crippen LogP contribution < -0.4 is 5.32 Å². The van der Waals surface area contributed by atoms with Crippen LogP contribution in [0.3, 0.4) is 0 Å². The molecule has 1 aliphatic rings. The van der Waals surface area contributed by atoms with E-state index in [4.69, 9.17) is 0 Å². The smallest absolute Gasteiger partial charge is 0.317 e. The lowest BCUT2D eigenvalue weighted by Gasteiger charge is -2.35. The molecular weight excluding hydrogens is 296 g/mol. The molecule has 122 valence electrons. The fourth-order valence-corrected chi connectivity index (χ4v) is 3.51. The average Bonchev–Trinajstić information content (AvgIpc) is 2.56. The fraction of sp³-hybridized carbons (Fsp3) is 0.588. The normalized spacial score (nSPS) is 16.9. The molecule has 0 bridgehead atoms. The predicted octanol–water partition coefficient (Wildman–Crippen LogP) is 2.82. The Morgan fingerprint density at radius 2 is 2.27 bits per heavy atom. The van der Waals surface area contributed by atoms with E-state index in [0.717, 1.165) is 31.4 Å². The quantitative estimate of drug-likeness (QED) is 0.759. The van der Waals surface area contributed by atoms with E-state index < -0.39 is 0 Å². The van der Waals surface area contributed by atoms with E-state index in [-0.39, 0.29) is 18.7 Å². The molecule has 1 unspecified atom stereocenters. The average molecular weight is 322 g/mol. The van der Waals surface area contributed by atoms with Gasteiger partial charge >= 0.3 is 6.03 Å². The van der Waals surface area contributed by atoms with Crippen LogP contribution in [0.5, 0.6) is 0 Å². The summed E-state index contributed by atoms with van der Waals surface area (Å²) in [6.07, 6.45) is 6.17. The van der Waals surface area contributed by atoms with Gasteiger partial charge in [-0.25, -0.2) is 4.79 Å². The number of carbonyl (C=O) groups excluding carboxylic acids is 1. The molecule has 0 radical (unpaired) electrons. The molecular formula is C17H26N2O2S. The van der Waals surface area contributed by atoms with Crippen LogP contribution in [0.1, 0.15) is 36.4 Å². The van der Waals surface area contributed by atoms with E-state index >= 15 is 0 Å². The van der Waals surface area contributed by atoms with Crippen LogP contribution in [0.25, 0.3) is 0 Å². The van der Waals surface area contributed by atoms with Gasteiger partial charge in [0.05, 0.1) is 12.6 Å². The van der Waals surface area contributed by atoms with Gasteiger partial charge in [-0.2, -0.15) is 11.8 Å². The van der Waals surface area contributed by atoms with Crippen molar-refractivity contribution in [2.75, 3.05) is 31.7 Å². The van der Waals surface area contributed by atoms with E-state index in [1.807, 2.05) is 6.07 Å². The summed E-state index contributed by atoms with van der Waals surface area (Å²) in [5.74, 6) is 1.05. The summed E-state index contributed by atoms with van der Waals surface area (Å²) in [5, 5.41) is 12.3. The Labute approximate surface area is 137 Å². The van der Waals surface area contributed by atoms with Gasteiger partial charge in [0.25, 0.3) is 0 Å². The first-order chi connectivity index (χ1) is 10.8. The molecule has 0 aromatic heterocycles. The molecule has 0 saturated carbocycles. The van der Waals surface area contributed by atoms with Crippen molar-refractivity contribution in [2.45, 2.75) is 31.7 Å². The first-order valence-electron chi connectivity index (χ1n) is 8.00. The number of rotatable bonds is 7. The zero-order valence-corrected chi connectivity index (χ0v) is 14.1. The van der Waals surface area contributed by atoms with Gasteiger partial charge in [0.2, 0.25) is 0 Å². The molecule has 0 spiro atoms. The summed E-state index contributed by atoms with van der Waals surface area (Å²) in [6, 6.07) is 8.37. The lowest BCUT2D eigenvalue weighted by atomic mass is 9.87. The van der Waals surface area contributed by atoms with Gasteiger partial charge < -0.3 is 15.3 Å². The van der Waals surface area contributed by atoms with Crippen molar-refractivity contribution in [3.63, 3.8) is 0 Å². The van der Waals surface area contributed by atoms with Gasteiger partial charge in [-0.1, -0.05) is 24.3 Å². The molecule has 0 saturated heterocycles. The van der Waals surface area contributed by atoms with Crippen molar-refractivity contribution < 1.29 is 9.90 Å². The van der Waals surface area contributed by atoms with Gasteiger partial charge in [-0.3, -0.25) is 0 Å². The summed E-state index contributed by atoms with van der Waals surface area (Å²) in [7, 11) is 0. The number of hydrogen-bond acceptors (Lipinski definition) is 3. The zero-order valence-electron chi connectivity index (χ0n) is 13.3. The number of aliphatic hydroxyl groups excluding tert-OH is 1. The summed E-state index contributed by atoms with van der Waals surface area (Å²) < 4.78 is 0. The van der Waals surface area contributed by atoms with Crippen LogP contribution in [0.15, 0.2) is 24.3 Å². The lowest BCUT2D eigenvalue weighted by Crippen LogP contribution is -2.45. The number of benzene rings is 1. The van der Waals surface area contributed by atoms with Crippen LogP contribution in [-0.4, -0.2) is 47.7 Å².